The molecule has 0 fully saturated rings. The van der Waals surface area contributed by atoms with E-state index in [0.29, 0.717) is 11.6 Å². The number of hydrogen-bond acceptors (Lipinski definition) is 4. The number of methoxy groups -OCH3 is 1. The fourth-order valence-electron chi connectivity index (χ4n) is 1.04. The molecule has 0 aromatic carbocycles. The van der Waals surface area contributed by atoms with Crippen molar-refractivity contribution in [3.63, 3.8) is 0 Å². The van der Waals surface area contributed by atoms with Crippen molar-refractivity contribution < 1.29 is 4.74 Å². The Morgan fingerprint density at radius 2 is 2.21 bits per heavy atom. The van der Waals surface area contributed by atoms with Gasteiger partial charge in [-0.2, -0.15) is 0 Å². The van der Waals surface area contributed by atoms with Gasteiger partial charge in [0.05, 0.1) is 13.3 Å². The van der Waals surface area contributed by atoms with Crippen molar-refractivity contribution in [3.05, 3.63) is 28.9 Å². The van der Waals surface area contributed by atoms with Crippen LogP contribution in [0.4, 0.5) is 0 Å². The third kappa shape index (κ3) is 1.37. The molecule has 6 nitrogen and oxygen atoms in total. The summed E-state index contributed by atoms with van der Waals surface area (Å²) >= 11 is 0. The van der Waals surface area contributed by atoms with Crippen LogP contribution in [0.2, 0.25) is 0 Å². The van der Waals surface area contributed by atoms with Crippen molar-refractivity contribution in [3.8, 4) is 17.4 Å². The van der Waals surface area contributed by atoms with Gasteiger partial charge >= 0.3 is 0 Å². The first-order valence-corrected chi connectivity index (χ1v) is 3.94. The van der Waals surface area contributed by atoms with Crippen LogP contribution in [0.1, 0.15) is 0 Å². The van der Waals surface area contributed by atoms with Crippen LogP contribution in [-0.2, 0) is 0 Å². The van der Waals surface area contributed by atoms with Crippen molar-refractivity contribution in [2.45, 2.75) is 0 Å². The second kappa shape index (κ2) is 3.33. The SMILES string of the molecule is COc1cnc(-c2ncc[nH]2)[nH]c1=O. The molecule has 0 aliphatic rings. The van der Waals surface area contributed by atoms with E-state index in [4.69, 9.17) is 4.74 Å². The zero-order chi connectivity index (χ0) is 9.97. The zero-order valence-corrected chi connectivity index (χ0v) is 7.44. The Balaban J connectivity index is 2.48. The molecule has 14 heavy (non-hydrogen) atoms. The third-order valence-corrected chi connectivity index (χ3v) is 1.71. The maximum Gasteiger partial charge on any atom is 0.293 e. The minimum atomic E-state index is -0.325. The number of imidazole rings is 1. The number of hydrogen-bond donors (Lipinski definition) is 2. The highest BCUT2D eigenvalue weighted by Crippen LogP contribution is 2.07. The maximum absolute atomic E-state index is 11.3. The smallest absolute Gasteiger partial charge is 0.293 e. The predicted octanol–water partition coefficient (Wildman–Crippen LogP) is 0.169. The van der Waals surface area contributed by atoms with Crippen LogP contribution in [0.25, 0.3) is 11.6 Å². The van der Waals surface area contributed by atoms with Crippen LogP contribution in [0.5, 0.6) is 5.75 Å². The van der Waals surface area contributed by atoms with Crippen molar-refractivity contribution in [2.24, 2.45) is 0 Å². The Hall–Kier alpha value is -2.11. The second-order valence-corrected chi connectivity index (χ2v) is 2.57. The molecular weight excluding hydrogens is 184 g/mol. The molecule has 2 rings (SSSR count). The van der Waals surface area contributed by atoms with Gasteiger partial charge in [-0.25, -0.2) is 9.97 Å². The summed E-state index contributed by atoms with van der Waals surface area (Å²) in [5, 5.41) is 0. The third-order valence-electron chi connectivity index (χ3n) is 1.71. The Labute approximate surface area is 79.0 Å². The summed E-state index contributed by atoms with van der Waals surface area (Å²) in [5.41, 5.74) is -0.325. The number of aromatic amines is 2. The van der Waals surface area contributed by atoms with E-state index in [0.717, 1.165) is 0 Å². The summed E-state index contributed by atoms with van der Waals surface area (Å²) in [6.07, 6.45) is 4.59. The van der Waals surface area contributed by atoms with E-state index in [-0.39, 0.29) is 11.3 Å². The van der Waals surface area contributed by atoms with E-state index in [1.54, 1.807) is 12.4 Å². The lowest BCUT2D eigenvalue weighted by Gasteiger charge is -1.98. The van der Waals surface area contributed by atoms with E-state index >= 15 is 0 Å². The van der Waals surface area contributed by atoms with Crippen LogP contribution in [-0.4, -0.2) is 27.0 Å². The van der Waals surface area contributed by atoms with Crippen LogP contribution >= 0.6 is 0 Å². The number of aromatic nitrogens is 4. The molecule has 2 heterocycles. The number of ether oxygens (including phenoxy) is 1. The van der Waals surface area contributed by atoms with Crippen molar-refractivity contribution in [2.75, 3.05) is 7.11 Å². The van der Waals surface area contributed by atoms with Gasteiger partial charge in [-0.1, -0.05) is 0 Å². The minimum absolute atomic E-state index is 0.181. The summed E-state index contributed by atoms with van der Waals surface area (Å²) < 4.78 is 4.78. The van der Waals surface area contributed by atoms with Gasteiger partial charge in [0, 0.05) is 12.4 Å². The highest BCUT2D eigenvalue weighted by Gasteiger charge is 2.05. The molecule has 6 heteroatoms. The molecule has 72 valence electrons. The van der Waals surface area contributed by atoms with Gasteiger partial charge in [0.15, 0.2) is 11.6 Å². The molecule has 2 N–H and O–H groups in total. The predicted molar refractivity (Wildman–Crippen MR) is 49.0 cm³/mol. The van der Waals surface area contributed by atoms with Crippen LogP contribution in [0, 0.1) is 0 Å². The fraction of sp³-hybridized carbons (Fsp3) is 0.125. The average molecular weight is 192 g/mol. The Morgan fingerprint density at radius 3 is 2.79 bits per heavy atom. The minimum Gasteiger partial charge on any atom is -0.490 e. The van der Waals surface area contributed by atoms with E-state index in [1.807, 2.05) is 0 Å². The van der Waals surface area contributed by atoms with E-state index < -0.39 is 0 Å². The number of rotatable bonds is 2. The maximum atomic E-state index is 11.3. The van der Waals surface area contributed by atoms with Gasteiger partial charge in [0.1, 0.15) is 0 Å². The van der Waals surface area contributed by atoms with Gasteiger partial charge in [-0.15, -0.1) is 0 Å². The molecule has 2 aromatic heterocycles. The molecular formula is C8H8N4O2. The van der Waals surface area contributed by atoms with Gasteiger partial charge in [0.2, 0.25) is 5.75 Å². The van der Waals surface area contributed by atoms with Crippen molar-refractivity contribution in [1.29, 1.82) is 0 Å². The van der Waals surface area contributed by atoms with Crippen LogP contribution < -0.4 is 10.3 Å². The molecule has 2 aromatic rings. The van der Waals surface area contributed by atoms with Gasteiger partial charge in [-0.05, 0) is 0 Å². The Morgan fingerprint density at radius 1 is 1.36 bits per heavy atom. The lowest BCUT2D eigenvalue weighted by atomic mass is 10.5. The highest BCUT2D eigenvalue weighted by atomic mass is 16.5. The van der Waals surface area contributed by atoms with Crippen molar-refractivity contribution in [1.82, 2.24) is 19.9 Å². The molecule has 0 spiro atoms. The van der Waals surface area contributed by atoms with Gasteiger partial charge < -0.3 is 14.7 Å². The highest BCUT2D eigenvalue weighted by molar-refractivity contribution is 5.42. The summed E-state index contributed by atoms with van der Waals surface area (Å²) in [6.45, 7) is 0. The molecule has 0 bridgehead atoms. The molecule has 0 saturated carbocycles. The topological polar surface area (TPSA) is 83.7 Å². The number of nitrogens with zero attached hydrogens (tertiary/aromatic N) is 2. The number of nitrogens with one attached hydrogen (secondary N) is 2. The zero-order valence-electron chi connectivity index (χ0n) is 7.44. The van der Waals surface area contributed by atoms with E-state index in [9.17, 15) is 4.79 Å². The average Bonchev–Trinajstić information content (AvgIpc) is 2.70. The fourth-order valence-corrected chi connectivity index (χ4v) is 1.04. The molecule has 0 radical (unpaired) electrons. The van der Waals surface area contributed by atoms with Crippen LogP contribution in [0.15, 0.2) is 23.4 Å². The molecule has 0 atom stereocenters. The normalized spacial score (nSPS) is 10.1. The molecule has 0 amide bonds. The summed E-state index contributed by atoms with van der Waals surface area (Å²) in [7, 11) is 1.42. The Bertz CT molecular complexity index is 474. The first kappa shape index (κ1) is 8.49. The second-order valence-electron chi connectivity index (χ2n) is 2.57. The summed E-state index contributed by atoms with van der Waals surface area (Å²) in [4.78, 5) is 24.6. The van der Waals surface area contributed by atoms with E-state index in [1.165, 1.54) is 13.3 Å². The molecule has 0 unspecified atom stereocenters. The summed E-state index contributed by atoms with van der Waals surface area (Å²) in [6, 6.07) is 0. The Kier molecular flexibility index (Phi) is 2.02. The van der Waals surface area contributed by atoms with Gasteiger partial charge in [0.25, 0.3) is 5.56 Å². The molecule has 0 saturated heterocycles. The van der Waals surface area contributed by atoms with Gasteiger partial charge in [-0.3, -0.25) is 4.79 Å². The first-order valence-electron chi connectivity index (χ1n) is 3.94. The first-order chi connectivity index (χ1) is 6.81. The largest absolute Gasteiger partial charge is 0.490 e. The lowest BCUT2D eigenvalue weighted by molar-refractivity contribution is 0.406. The monoisotopic (exact) mass is 192 g/mol. The molecule has 0 aliphatic carbocycles. The lowest BCUT2D eigenvalue weighted by Crippen LogP contribution is -2.11. The summed E-state index contributed by atoms with van der Waals surface area (Å²) in [5.74, 6) is 1.09. The molecule has 0 aliphatic heterocycles. The van der Waals surface area contributed by atoms with Crippen molar-refractivity contribution >= 4 is 0 Å². The quantitative estimate of drug-likeness (QED) is 0.710. The standard InChI is InChI=1S/C8H8N4O2/c1-14-5-4-11-7(12-8(5)13)6-9-2-3-10-6/h2-4H,1H3,(H,9,10)(H,11,12,13). The van der Waals surface area contributed by atoms with E-state index in [2.05, 4.69) is 19.9 Å². The van der Waals surface area contributed by atoms with Crippen LogP contribution in [0.3, 0.4) is 0 Å². The number of H-pyrrole nitrogens is 2.